The van der Waals surface area contributed by atoms with Crippen molar-refractivity contribution in [2.45, 2.75) is 0 Å². The molecule has 1 rings (SSSR count). The number of hydrogen-bond acceptors (Lipinski definition) is 3. The second kappa shape index (κ2) is 5.57. The zero-order valence-corrected chi connectivity index (χ0v) is 7.58. The van der Waals surface area contributed by atoms with Gasteiger partial charge < -0.3 is 10.1 Å². The highest BCUT2D eigenvalue weighted by Gasteiger charge is 2.12. The summed E-state index contributed by atoms with van der Waals surface area (Å²) in [6.45, 7) is 3.80. The lowest BCUT2D eigenvalue weighted by Crippen LogP contribution is -2.43. The minimum Gasteiger partial charge on any atom is -0.379 e. The molecule has 0 bridgehead atoms. The Morgan fingerprint density at radius 1 is 1.54 bits per heavy atom. The molecule has 0 aromatic rings. The van der Waals surface area contributed by atoms with Crippen LogP contribution in [0.1, 0.15) is 0 Å². The summed E-state index contributed by atoms with van der Waals surface area (Å²) < 4.78 is 5.16. The Morgan fingerprint density at radius 2 is 2.23 bits per heavy atom. The van der Waals surface area contributed by atoms with Gasteiger partial charge in [0, 0.05) is 13.1 Å². The summed E-state index contributed by atoms with van der Waals surface area (Å²) in [6, 6.07) is 0. The summed E-state index contributed by atoms with van der Waals surface area (Å²) in [4.78, 5) is 13.2. The summed E-state index contributed by atoms with van der Waals surface area (Å²) in [6.07, 6.45) is 5.01. The lowest BCUT2D eigenvalue weighted by Gasteiger charge is -2.25. The molecule has 13 heavy (non-hydrogen) atoms. The van der Waals surface area contributed by atoms with Crippen LogP contribution in [-0.4, -0.2) is 50.2 Å². The highest BCUT2D eigenvalue weighted by Crippen LogP contribution is 1.94. The van der Waals surface area contributed by atoms with E-state index in [1.165, 1.54) is 0 Å². The van der Waals surface area contributed by atoms with E-state index >= 15 is 0 Å². The van der Waals surface area contributed by atoms with Crippen LogP contribution in [0, 0.1) is 12.3 Å². The van der Waals surface area contributed by atoms with Gasteiger partial charge in [0.05, 0.1) is 26.3 Å². The summed E-state index contributed by atoms with van der Waals surface area (Å²) >= 11 is 0. The van der Waals surface area contributed by atoms with Gasteiger partial charge in [-0.05, 0) is 0 Å². The SMILES string of the molecule is C#CCNC(=O)CN1CCOCC1. The van der Waals surface area contributed by atoms with Crippen molar-refractivity contribution in [2.24, 2.45) is 0 Å². The number of nitrogens with zero attached hydrogens (tertiary/aromatic N) is 1. The topological polar surface area (TPSA) is 41.6 Å². The molecule has 72 valence electrons. The highest BCUT2D eigenvalue weighted by molar-refractivity contribution is 5.78. The molecule has 1 fully saturated rings. The first-order valence-corrected chi connectivity index (χ1v) is 4.33. The van der Waals surface area contributed by atoms with Crippen molar-refractivity contribution in [3.05, 3.63) is 0 Å². The lowest BCUT2D eigenvalue weighted by atomic mass is 10.4. The maximum absolute atomic E-state index is 11.2. The number of carbonyl (C=O) groups excluding carboxylic acids is 1. The van der Waals surface area contributed by atoms with E-state index in [1.54, 1.807) is 0 Å². The molecule has 0 unspecified atom stereocenters. The molecule has 0 saturated carbocycles. The lowest BCUT2D eigenvalue weighted by molar-refractivity contribution is -0.123. The fourth-order valence-electron chi connectivity index (χ4n) is 1.17. The van der Waals surface area contributed by atoms with E-state index in [9.17, 15) is 4.79 Å². The molecule has 1 N–H and O–H groups in total. The smallest absolute Gasteiger partial charge is 0.234 e. The number of nitrogens with one attached hydrogen (secondary N) is 1. The fraction of sp³-hybridized carbons (Fsp3) is 0.667. The highest BCUT2D eigenvalue weighted by atomic mass is 16.5. The van der Waals surface area contributed by atoms with E-state index in [1.807, 2.05) is 0 Å². The second-order valence-corrected chi connectivity index (χ2v) is 2.87. The van der Waals surface area contributed by atoms with Crippen LogP contribution in [0.2, 0.25) is 0 Å². The summed E-state index contributed by atoms with van der Waals surface area (Å²) in [7, 11) is 0. The van der Waals surface area contributed by atoms with Crippen molar-refractivity contribution < 1.29 is 9.53 Å². The van der Waals surface area contributed by atoms with Crippen LogP contribution in [0.15, 0.2) is 0 Å². The van der Waals surface area contributed by atoms with Gasteiger partial charge in [-0.15, -0.1) is 6.42 Å². The number of morpholine rings is 1. The van der Waals surface area contributed by atoms with Crippen LogP contribution < -0.4 is 5.32 Å². The fourth-order valence-corrected chi connectivity index (χ4v) is 1.17. The van der Waals surface area contributed by atoms with Crippen molar-refractivity contribution in [1.29, 1.82) is 0 Å². The Morgan fingerprint density at radius 3 is 2.85 bits per heavy atom. The van der Waals surface area contributed by atoms with Gasteiger partial charge in [-0.3, -0.25) is 9.69 Å². The molecule has 1 amide bonds. The number of ether oxygens (including phenoxy) is 1. The first kappa shape index (κ1) is 10.0. The number of amides is 1. The van der Waals surface area contributed by atoms with Crippen LogP contribution in [0.25, 0.3) is 0 Å². The summed E-state index contributed by atoms with van der Waals surface area (Å²) in [5.41, 5.74) is 0. The Hall–Kier alpha value is -1.05. The third-order valence-electron chi connectivity index (χ3n) is 1.86. The first-order valence-electron chi connectivity index (χ1n) is 4.33. The van der Waals surface area contributed by atoms with Gasteiger partial charge in [-0.2, -0.15) is 0 Å². The molecule has 1 saturated heterocycles. The van der Waals surface area contributed by atoms with E-state index < -0.39 is 0 Å². The van der Waals surface area contributed by atoms with Crippen LogP contribution in [0.5, 0.6) is 0 Å². The Bertz CT molecular complexity index is 204. The van der Waals surface area contributed by atoms with Crippen molar-refractivity contribution in [2.75, 3.05) is 39.4 Å². The van der Waals surface area contributed by atoms with Crippen molar-refractivity contribution in [3.63, 3.8) is 0 Å². The molecule has 0 atom stereocenters. The van der Waals surface area contributed by atoms with Gasteiger partial charge >= 0.3 is 0 Å². The standard InChI is InChI=1S/C9H14N2O2/c1-2-3-10-9(12)8-11-4-6-13-7-5-11/h1H,3-8H2,(H,10,12). The third kappa shape index (κ3) is 3.92. The number of hydrogen-bond donors (Lipinski definition) is 1. The van der Waals surface area contributed by atoms with Crippen molar-refractivity contribution in [3.8, 4) is 12.3 Å². The zero-order valence-electron chi connectivity index (χ0n) is 7.58. The molecule has 0 aromatic carbocycles. The Labute approximate surface area is 78.2 Å². The largest absolute Gasteiger partial charge is 0.379 e. The van der Waals surface area contributed by atoms with Gasteiger partial charge in [0.1, 0.15) is 0 Å². The summed E-state index contributed by atoms with van der Waals surface area (Å²) in [5, 5.41) is 2.62. The normalized spacial score (nSPS) is 17.8. The predicted octanol–water partition coefficient (Wildman–Crippen LogP) is -0.932. The minimum absolute atomic E-state index is 0.0140. The number of terminal acetylenes is 1. The molecule has 4 nitrogen and oxygen atoms in total. The molecular formula is C9H14N2O2. The minimum atomic E-state index is -0.0140. The van der Waals surface area contributed by atoms with Gasteiger partial charge in [-0.1, -0.05) is 5.92 Å². The van der Waals surface area contributed by atoms with Gasteiger partial charge in [-0.25, -0.2) is 0 Å². The monoisotopic (exact) mass is 182 g/mol. The third-order valence-corrected chi connectivity index (χ3v) is 1.86. The molecule has 1 aliphatic heterocycles. The molecule has 0 spiro atoms. The average Bonchev–Trinajstić information content (AvgIpc) is 2.16. The van der Waals surface area contributed by atoms with Crippen LogP contribution >= 0.6 is 0 Å². The predicted molar refractivity (Wildman–Crippen MR) is 49.1 cm³/mol. The van der Waals surface area contributed by atoms with E-state index in [4.69, 9.17) is 11.2 Å². The molecule has 1 aliphatic rings. The van der Waals surface area contributed by atoms with Crippen molar-refractivity contribution in [1.82, 2.24) is 10.2 Å². The van der Waals surface area contributed by atoms with Gasteiger partial charge in [0.25, 0.3) is 0 Å². The van der Waals surface area contributed by atoms with E-state index in [2.05, 4.69) is 16.1 Å². The quantitative estimate of drug-likeness (QED) is 0.573. The molecule has 0 radical (unpaired) electrons. The molecule has 0 aliphatic carbocycles. The maximum Gasteiger partial charge on any atom is 0.234 e. The van der Waals surface area contributed by atoms with E-state index in [0.29, 0.717) is 26.3 Å². The number of carbonyl (C=O) groups is 1. The average molecular weight is 182 g/mol. The Kier molecular flexibility index (Phi) is 4.30. The molecule has 1 heterocycles. The molecule has 0 aromatic heterocycles. The van der Waals surface area contributed by atoms with E-state index in [0.717, 1.165) is 13.1 Å². The van der Waals surface area contributed by atoms with Crippen LogP contribution in [-0.2, 0) is 9.53 Å². The van der Waals surface area contributed by atoms with Crippen LogP contribution in [0.3, 0.4) is 0 Å². The zero-order chi connectivity index (χ0) is 9.52. The van der Waals surface area contributed by atoms with Crippen molar-refractivity contribution >= 4 is 5.91 Å². The van der Waals surface area contributed by atoms with Crippen LogP contribution in [0.4, 0.5) is 0 Å². The van der Waals surface area contributed by atoms with Gasteiger partial charge in [0.15, 0.2) is 0 Å². The van der Waals surface area contributed by atoms with Gasteiger partial charge in [0.2, 0.25) is 5.91 Å². The molecular weight excluding hydrogens is 168 g/mol. The Balaban J connectivity index is 2.15. The maximum atomic E-state index is 11.2. The second-order valence-electron chi connectivity index (χ2n) is 2.87. The molecule has 4 heteroatoms. The number of rotatable bonds is 3. The first-order chi connectivity index (χ1) is 6.33. The van der Waals surface area contributed by atoms with E-state index in [-0.39, 0.29) is 5.91 Å². The summed E-state index contributed by atoms with van der Waals surface area (Å²) in [5.74, 6) is 2.35.